The SMILES string of the molecule is CC1=C(C(=O)c2ccccc2)N2C(=O)[C@H](Cl)[C@H]2S(=O)(=O)C1Sc1nnnn1C. The van der Waals surface area contributed by atoms with Crippen LogP contribution < -0.4 is 0 Å². The van der Waals surface area contributed by atoms with Crippen LogP contribution in [0.4, 0.5) is 0 Å². The highest BCUT2D eigenvalue weighted by Gasteiger charge is 2.62. The van der Waals surface area contributed by atoms with Gasteiger partial charge >= 0.3 is 0 Å². The van der Waals surface area contributed by atoms with Gasteiger partial charge in [-0.25, -0.2) is 13.1 Å². The summed E-state index contributed by atoms with van der Waals surface area (Å²) in [6.45, 7) is 1.53. The van der Waals surface area contributed by atoms with Gasteiger partial charge in [0.2, 0.25) is 16.8 Å². The first-order valence-electron chi connectivity index (χ1n) is 8.14. The van der Waals surface area contributed by atoms with Crippen LogP contribution in [0.5, 0.6) is 0 Å². The van der Waals surface area contributed by atoms with Crippen molar-refractivity contribution in [3.05, 3.63) is 47.2 Å². The second-order valence-corrected chi connectivity index (χ2v) is 10.3. The number of halogens is 1. The number of tetrazole rings is 1. The van der Waals surface area contributed by atoms with Gasteiger partial charge in [-0.1, -0.05) is 42.1 Å². The number of rotatable bonds is 4. The molecular weight excluding hydrogens is 426 g/mol. The molecule has 2 aromatic rings. The third-order valence-electron chi connectivity index (χ3n) is 4.63. The monoisotopic (exact) mass is 439 g/mol. The van der Waals surface area contributed by atoms with Crippen molar-refractivity contribution < 1.29 is 18.0 Å². The van der Waals surface area contributed by atoms with Crippen LogP contribution in [0, 0.1) is 0 Å². The summed E-state index contributed by atoms with van der Waals surface area (Å²) in [4.78, 5) is 26.5. The number of allylic oxidation sites excluding steroid dienone is 1. The van der Waals surface area contributed by atoms with Crippen LogP contribution in [0.3, 0.4) is 0 Å². The highest BCUT2D eigenvalue weighted by molar-refractivity contribution is 8.14. The molecule has 2 aliphatic rings. The first-order valence-corrected chi connectivity index (χ1v) is 11.1. The lowest BCUT2D eigenvalue weighted by Gasteiger charge is -2.49. The number of carbonyl (C=O) groups excluding carboxylic acids is 2. The maximum atomic E-state index is 13.2. The number of thioether (sulfide) groups is 1. The summed E-state index contributed by atoms with van der Waals surface area (Å²) in [5, 5.41) is 8.75. The maximum absolute atomic E-state index is 13.2. The van der Waals surface area contributed by atoms with Crippen LogP contribution in [0.25, 0.3) is 0 Å². The average molecular weight is 440 g/mol. The van der Waals surface area contributed by atoms with E-state index in [4.69, 9.17) is 11.6 Å². The van der Waals surface area contributed by atoms with Crippen LogP contribution in [-0.2, 0) is 21.7 Å². The van der Waals surface area contributed by atoms with E-state index in [0.29, 0.717) is 5.56 Å². The van der Waals surface area contributed by atoms with Crippen molar-refractivity contribution in [1.29, 1.82) is 0 Å². The lowest BCUT2D eigenvalue weighted by atomic mass is 10.00. The molecule has 1 unspecified atom stereocenters. The standard InChI is InChI=1S/C16H14ClN5O4S2/c1-8-11(12(23)9-6-4-3-5-7-9)22-13(24)10(17)14(22)28(25,26)15(8)27-16-18-19-20-21(16)2/h3-7,10,14-15H,1-2H3/t10-,14+,15?/m0/s1. The molecule has 1 amide bonds. The van der Waals surface area contributed by atoms with Crippen LogP contribution in [0.15, 0.2) is 46.8 Å². The molecule has 12 heteroatoms. The predicted molar refractivity (Wildman–Crippen MR) is 101 cm³/mol. The molecule has 9 nitrogen and oxygen atoms in total. The van der Waals surface area contributed by atoms with E-state index < -0.39 is 36.9 Å². The Hall–Kier alpha value is -2.24. The molecule has 2 aliphatic heterocycles. The molecule has 0 radical (unpaired) electrons. The first kappa shape index (κ1) is 19.1. The molecular formula is C16H14ClN5O4S2. The van der Waals surface area contributed by atoms with Gasteiger partial charge in [0, 0.05) is 12.6 Å². The minimum absolute atomic E-state index is 0.0422. The number of sulfone groups is 1. The number of hydrogen-bond acceptors (Lipinski definition) is 8. The lowest BCUT2D eigenvalue weighted by Crippen LogP contribution is -2.69. The van der Waals surface area contributed by atoms with Crippen LogP contribution in [0.2, 0.25) is 0 Å². The fourth-order valence-corrected chi connectivity index (χ4v) is 7.59. The largest absolute Gasteiger partial charge is 0.287 e. The molecule has 1 saturated heterocycles. The van der Waals surface area contributed by atoms with Crippen molar-refractivity contribution in [2.45, 2.75) is 27.4 Å². The van der Waals surface area contributed by atoms with Crippen molar-refractivity contribution in [2.75, 3.05) is 0 Å². The fraction of sp³-hybridized carbons (Fsp3) is 0.312. The number of ketones is 1. The summed E-state index contributed by atoms with van der Waals surface area (Å²) in [5.74, 6) is -1.03. The Balaban J connectivity index is 1.86. The topological polar surface area (TPSA) is 115 Å². The van der Waals surface area contributed by atoms with Crippen molar-refractivity contribution in [3.8, 4) is 0 Å². The molecule has 4 rings (SSSR count). The van der Waals surface area contributed by atoms with E-state index in [1.807, 2.05) is 0 Å². The normalized spacial score (nSPS) is 26.0. The van der Waals surface area contributed by atoms with E-state index in [2.05, 4.69) is 15.5 Å². The second kappa shape index (κ2) is 6.68. The number of β-lactam (4-membered cyclic amide) rings is 1. The van der Waals surface area contributed by atoms with Crippen molar-refractivity contribution >= 4 is 44.9 Å². The van der Waals surface area contributed by atoms with Crippen molar-refractivity contribution in [1.82, 2.24) is 25.1 Å². The molecule has 0 spiro atoms. The maximum Gasteiger partial charge on any atom is 0.249 e. The molecule has 3 heterocycles. The average Bonchev–Trinajstić information content (AvgIpc) is 3.09. The molecule has 146 valence electrons. The third-order valence-corrected chi connectivity index (χ3v) is 9.52. The molecule has 0 N–H and O–H groups in total. The van der Waals surface area contributed by atoms with Crippen molar-refractivity contribution in [3.63, 3.8) is 0 Å². The van der Waals surface area contributed by atoms with Gasteiger partial charge in [-0.2, -0.15) is 0 Å². The quantitative estimate of drug-likeness (QED) is 0.393. The summed E-state index contributed by atoms with van der Waals surface area (Å²) in [7, 11) is -2.34. The number of hydrogen-bond donors (Lipinski definition) is 0. The number of benzene rings is 1. The van der Waals surface area contributed by atoms with Gasteiger partial charge in [0.25, 0.3) is 0 Å². The number of Topliss-reactive ketones (excluding diaryl/α,β-unsaturated/α-hetero) is 1. The number of amides is 1. The number of aromatic nitrogens is 4. The Kier molecular flexibility index (Phi) is 4.55. The molecule has 1 aromatic heterocycles. The van der Waals surface area contributed by atoms with E-state index in [1.54, 1.807) is 37.4 Å². The molecule has 28 heavy (non-hydrogen) atoms. The Morgan fingerprint density at radius 1 is 1.25 bits per heavy atom. The van der Waals surface area contributed by atoms with E-state index in [-0.39, 0.29) is 16.4 Å². The number of aryl methyl sites for hydroxylation is 1. The third kappa shape index (κ3) is 2.68. The number of alkyl halides is 1. The minimum atomic E-state index is -3.92. The molecule has 0 saturated carbocycles. The zero-order valence-corrected chi connectivity index (χ0v) is 17.1. The first-order chi connectivity index (χ1) is 13.2. The van der Waals surface area contributed by atoms with Gasteiger partial charge in [0.15, 0.2) is 15.2 Å². The fourth-order valence-electron chi connectivity index (χ4n) is 3.24. The van der Waals surface area contributed by atoms with Gasteiger partial charge in [-0.15, -0.1) is 16.7 Å². The zero-order chi connectivity index (χ0) is 20.2. The minimum Gasteiger partial charge on any atom is -0.287 e. The van der Waals surface area contributed by atoms with Crippen LogP contribution >= 0.6 is 23.4 Å². The summed E-state index contributed by atoms with van der Waals surface area (Å²) >= 11 is 6.94. The second-order valence-electron chi connectivity index (χ2n) is 6.35. The Morgan fingerprint density at radius 3 is 2.54 bits per heavy atom. The summed E-state index contributed by atoms with van der Waals surface area (Å²) in [6.07, 6.45) is 0. The van der Waals surface area contributed by atoms with Gasteiger partial charge in [-0.3, -0.25) is 14.5 Å². The molecule has 0 bridgehead atoms. The Bertz CT molecular complexity index is 1120. The predicted octanol–water partition coefficient (Wildman–Crippen LogP) is 0.989. The summed E-state index contributed by atoms with van der Waals surface area (Å²) in [6, 6.07) is 8.37. The van der Waals surface area contributed by atoms with Crippen LogP contribution in [-0.4, -0.2) is 60.5 Å². The van der Waals surface area contributed by atoms with E-state index in [0.717, 1.165) is 16.7 Å². The smallest absolute Gasteiger partial charge is 0.249 e. The molecule has 1 aromatic carbocycles. The number of nitrogens with zero attached hydrogens (tertiary/aromatic N) is 5. The zero-order valence-electron chi connectivity index (χ0n) is 14.7. The lowest BCUT2D eigenvalue weighted by molar-refractivity contribution is -0.138. The van der Waals surface area contributed by atoms with Gasteiger partial charge in [-0.05, 0) is 22.9 Å². The highest BCUT2D eigenvalue weighted by Crippen LogP contribution is 2.47. The number of carbonyl (C=O) groups is 2. The van der Waals surface area contributed by atoms with E-state index in [9.17, 15) is 18.0 Å². The molecule has 1 fully saturated rings. The highest BCUT2D eigenvalue weighted by atomic mass is 35.5. The summed E-state index contributed by atoms with van der Waals surface area (Å²) < 4.78 is 26.5. The summed E-state index contributed by atoms with van der Waals surface area (Å²) in [5.41, 5.74) is 0.639. The number of fused-ring (bicyclic) bond motifs is 1. The Labute approximate surface area is 169 Å². The van der Waals surface area contributed by atoms with E-state index >= 15 is 0 Å². The molecule has 0 aliphatic carbocycles. The van der Waals surface area contributed by atoms with Crippen LogP contribution in [0.1, 0.15) is 17.3 Å². The van der Waals surface area contributed by atoms with Gasteiger partial charge in [0.1, 0.15) is 9.96 Å². The Morgan fingerprint density at radius 2 is 1.93 bits per heavy atom. The van der Waals surface area contributed by atoms with Crippen molar-refractivity contribution in [2.24, 2.45) is 7.05 Å². The van der Waals surface area contributed by atoms with Gasteiger partial charge in [0.05, 0.1) is 5.70 Å². The van der Waals surface area contributed by atoms with E-state index in [1.165, 1.54) is 11.6 Å². The van der Waals surface area contributed by atoms with Gasteiger partial charge < -0.3 is 0 Å². The molecule has 3 atom stereocenters.